The molecule has 1 atom stereocenters. The maximum atomic E-state index is 12.2. The van der Waals surface area contributed by atoms with E-state index in [9.17, 15) is 14.4 Å². The molecule has 2 heterocycles. The van der Waals surface area contributed by atoms with Crippen LogP contribution >= 0.6 is 12.4 Å². The normalized spacial score (nSPS) is 23.1. The number of piperidine rings is 1. The molecule has 2 aliphatic rings. The van der Waals surface area contributed by atoms with Crippen LogP contribution in [0.2, 0.25) is 0 Å². The smallest absolute Gasteiger partial charge is 0.312 e. The fourth-order valence-corrected chi connectivity index (χ4v) is 2.67. The minimum absolute atomic E-state index is 0. The van der Waals surface area contributed by atoms with Gasteiger partial charge in [0.25, 0.3) is 0 Å². The van der Waals surface area contributed by atoms with Gasteiger partial charge in [0.1, 0.15) is 6.54 Å². The highest BCUT2D eigenvalue weighted by molar-refractivity contribution is 6.35. The first-order valence-electron chi connectivity index (χ1n) is 7.14. The van der Waals surface area contributed by atoms with Crippen molar-refractivity contribution in [3.05, 3.63) is 0 Å². The molecule has 7 nitrogen and oxygen atoms in total. The van der Waals surface area contributed by atoms with E-state index in [4.69, 9.17) is 5.73 Å². The summed E-state index contributed by atoms with van der Waals surface area (Å²) in [5.74, 6) is -1.21. The number of nitrogens with zero attached hydrogens (tertiary/aromatic N) is 3. The van der Waals surface area contributed by atoms with Crippen molar-refractivity contribution < 1.29 is 14.4 Å². The van der Waals surface area contributed by atoms with E-state index >= 15 is 0 Å². The molecule has 2 fully saturated rings. The van der Waals surface area contributed by atoms with Crippen molar-refractivity contribution in [3.63, 3.8) is 0 Å². The lowest BCUT2D eigenvalue weighted by Gasteiger charge is -2.35. The number of carbonyl (C=O) groups excluding carboxylic acids is 3. The quantitative estimate of drug-likeness (QED) is 0.680. The number of hydrogen-bond donors (Lipinski definition) is 1. The highest BCUT2D eigenvalue weighted by Crippen LogP contribution is 2.10. The molecule has 0 aliphatic carbocycles. The molecule has 8 heteroatoms. The standard InChI is InChI=1S/C13H22N4O3.ClH/c1-2-15-6-7-17(13(20)12(15)19)9-11(18)16-5-3-4-10(14)8-16;/h10H,2-9,14H2,1H3;1H. The van der Waals surface area contributed by atoms with Gasteiger partial charge in [0, 0.05) is 38.8 Å². The number of rotatable bonds is 3. The van der Waals surface area contributed by atoms with Crippen LogP contribution in [-0.2, 0) is 14.4 Å². The molecule has 3 amide bonds. The van der Waals surface area contributed by atoms with Crippen LogP contribution in [0.15, 0.2) is 0 Å². The Morgan fingerprint density at radius 3 is 2.43 bits per heavy atom. The number of nitrogens with two attached hydrogens (primary N) is 1. The SMILES string of the molecule is CCN1CCN(CC(=O)N2CCCC(N)C2)C(=O)C1=O.Cl. The highest BCUT2D eigenvalue weighted by atomic mass is 35.5. The largest absolute Gasteiger partial charge is 0.340 e. The van der Waals surface area contributed by atoms with Gasteiger partial charge in [0.2, 0.25) is 5.91 Å². The average Bonchev–Trinajstić information content (AvgIpc) is 2.44. The summed E-state index contributed by atoms with van der Waals surface area (Å²) in [4.78, 5) is 40.4. The van der Waals surface area contributed by atoms with Crippen LogP contribution in [-0.4, -0.2) is 77.7 Å². The average molecular weight is 319 g/mol. The Hall–Kier alpha value is -1.34. The lowest BCUT2D eigenvalue weighted by molar-refractivity contribution is -0.157. The van der Waals surface area contributed by atoms with E-state index in [0.717, 1.165) is 12.8 Å². The summed E-state index contributed by atoms with van der Waals surface area (Å²) in [6.07, 6.45) is 1.82. The fraction of sp³-hybridized carbons (Fsp3) is 0.769. The number of likely N-dealkylation sites (tertiary alicyclic amines) is 1. The second kappa shape index (κ2) is 7.61. The molecule has 0 saturated carbocycles. The first kappa shape index (κ1) is 17.7. The van der Waals surface area contributed by atoms with Gasteiger partial charge in [0.15, 0.2) is 0 Å². The molecule has 2 aliphatic heterocycles. The van der Waals surface area contributed by atoms with Crippen LogP contribution in [0.5, 0.6) is 0 Å². The molecule has 2 saturated heterocycles. The van der Waals surface area contributed by atoms with E-state index in [-0.39, 0.29) is 30.9 Å². The Balaban J connectivity index is 0.00000220. The van der Waals surface area contributed by atoms with Crippen LogP contribution in [0.25, 0.3) is 0 Å². The maximum Gasteiger partial charge on any atom is 0.312 e. The molecule has 1 unspecified atom stereocenters. The van der Waals surface area contributed by atoms with Crippen LogP contribution in [0.3, 0.4) is 0 Å². The maximum absolute atomic E-state index is 12.2. The summed E-state index contributed by atoms with van der Waals surface area (Å²) in [5, 5.41) is 0. The van der Waals surface area contributed by atoms with Crippen molar-refractivity contribution >= 4 is 30.1 Å². The fourth-order valence-electron chi connectivity index (χ4n) is 2.67. The van der Waals surface area contributed by atoms with E-state index in [2.05, 4.69) is 0 Å². The molecule has 0 radical (unpaired) electrons. The van der Waals surface area contributed by atoms with E-state index in [0.29, 0.717) is 32.7 Å². The zero-order chi connectivity index (χ0) is 14.7. The summed E-state index contributed by atoms with van der Waals surface area (Å²) in [6, 6.07) is 0.0157. The van der Waals surface area contributed by atoms with Gasteiger partial charge in [-0.15, -0.1) is 12.4 Å². The molecule has 0 spiro atoms. The Kier molecular flexibility index (Phi) is 6.42. The summed E-state index contributed by atoms with van der Waals surface area (Å²) in [7, 11) is 0. The van der Waals surface area contributed by atoms with Crippen LogP contribution in [0.1, 0.15) is 19.8 Å². The van der Waals surface area contributed by atoms with Gasteiger partial charge >= 0.3 is 11.8 Å². The predicted octanol–water partition coefficient (Wildman–Crippen LogP) is -0.951. The number of halogens is 1. The molecule has 2 N–H and O–H groups in total. The number of likely N-dealkylation sites (N-methyl/N-ethyl adjacent to an activating group) is 1. The number of carbonyl (C=O) groups is 3. The van der Waals surface area contributed by atoms with Gasteiger partial charge in [-0.1, -0.05) is 0 Å². The number of hydrogen-bond acceptors (Lipinski definition) is 4. The summed E-state index contributed by atoms with van der Waals surface area (Å²) in [6.45, 7) is 4.47. The second-order valence-electron chi connectivity index (χ2n) is 5.35. The molecular weight excluding hydrogens is 296 g/mol. The molecule has 0 aromatic heterocycles. The third-order valence-corrected chi connectivity index (χ3v) is 3.92. The number of amides is 3. The first-order chi connectivity index (χ1) is 9.52. The molecule has 120 valence electrons. The van der Waals surface area contributed by atoms with Crippen LogP contribution in [0, 0.1) is 0 Å². The summed E-state index contributed by atoms with van der Waals surface area (Å²) < 4.78 is 0. The van der Waals surface area contributed by atoms with E-state index in [1.807, 2.05) is 6.92 Å². The minimum atomic E-state index is -0.576. The third kappa shape index (κ3) is 4.07. The minimum Gasteiger partial charge on any atom is -0.340 e. The van der Waals surface area contributed by atoms with Crippen molar-refractivity contribution in [1.82, 2.24) is 14.7 Å². The Bertz CT molecular complexity index is 418. The lowest BCUT2D eigenvalue weighted by Crippen LogP contribution is -2.57. The van der Waals surface area contributed by atoms with Crippen molar-refractivity contribution in [2.75, 3.05) is 39.3 Å². The topological polar surface area (TPSA) is 86.9 Å². The third-order valence-electron chi connectivity index (χ3n) is 3.92. The van der Waals surface area contributed by atoms with Crippen molar-refractivity contribution in [2.24, 2.45) is 5.73 Å². The van der Waals surface area contributed by atoms with E-state index < -0.39 is 11.8 Å². The zero-order valence-electron chi connectivity index (χ0n) is 12.3. The Morgan fingerprint density at radius 1 is 1.19 bits per heavy atom. The zero-order valence-corrected chi connectivity index (χ0v) is 13.1. The van der Waals surface area contributed by atoms with Gasteiger partial charge in [0.05, 0.1) is 0 Å². The van der Waals surface area contributed by atoms with Crippen LogP contribution < -0.4 is 5.73 Å². The predicted molar refractivity (Wildman–Crippen MR) is 79.9 cm³/mol. The van der Waals surface area contributed by atoms with Crippen molar-refractivity contribution in [2.45, 2.75) is 25.8 Å². The Labute approximate surface area is 130 Å². The van der Waals surface area contributed by atoms with Gasteiger partial charge in [-0.3, -0.25) is 14.4 Å². The second-order valence-corrected chi connectivity index (χ2v) is 5.35. The summed E-state index contributed by atoms with van der Waals surface area (Å²) in [5.41, 5.74) is 5.85. The van der Waals surface area contributed by atoms with Gasteiger partial charge in [-0.25, -0.2) is 0 Å². The monoisotopic (exact) mass is 318 g/mol. The molecule has 0 bridgehead atoms. The lowest BCUT2D eigenvalue weighted by atomic mass is 10.1. The van der Waals surface area contributed by atoms with Crippen LogP contribution in [0.4, 0.5) is 0 Å². The van der Waals surface area contributed by atoms with E-state index in [1.165, 1.54) is 9.80 Å². The van der Waals surface area contributed by atoms with Gasteiger partial charge in [-0.05, 0) is 19.8 Å². The van der Waals surface area contributed by atoms with Crippen molar-refractivity contribution in [3.8, 4) is 0 Å². The molecule has 0 aromatic rings. The van der Waals surface area contributed by atoms with Crippen molar-refractivity contribution in [1.29, 1.82) is 0 Å². The Morgan fingerprint density at radius 2 is 1.81 bits per heavy atom. The summed E-state index contributed by atoms with van der Waals surface area (Å²) >= 11 is 0. The van der Waals surface area contributed by atoms with E-state index in [1.54, 1.807) is 4.90 Å². The molecule has 0 aromatic carbocycles. The molecular formula is C13H23ClN4O3. The highest BCUT2D eigenvalue weighted by Gasteiger charge is 2.33. The molecule has 2 rings (SSSR count). The first-order valence-corrected chi connectivity index (χ1v) is 7.14. The van der Waals surface area contributed by atoms with Gasteiger partial charge < -0.3 is 20.4 Å². The molecule has 21 heavy (non-hydrogen) atoms. The van der Waals surface area contributed by atoms with Gasteiger partial charge in [-0.2, -0.15) is 0 Å². The number of piperazine rings is 1.